The van der Waals surface area contributed by atoms with E-state index in [-0.39, 0.29) is 18.6 Å². The highest BCUT2D eigenvalue weighted by molar-refractivity contribution is 5.97. The maximum atomic E-state index is 12.3. The molecule has 1 aromatic heterocycles. The lowest BCUT2D eigenvalue weighted by molar-refractivity contribution is -0.124. The molecule has 2 N–H and O–H groups in total. The number of hydrogen-bond donors (Lipinski definition) is 2. The van der Waals surface area contributed by atoms with Crippen LogP contribution in [0.25, 0.3) is 10.9 Å². The van der Waals surface area contributed by atoms with Gasteiger partial charge in [-0.05, 0) is 62.3 Å². The first-order valence-electron chi connectivity index (χ1n) is 9.30. The average Bonchev–Trinajstić information content (AvgIpc) is 3.26. The van der Waals surface area contributed by atoms with Crippen LogP contribution in [0.15, 0.2) is 18.2 Å². The fourth-order valence-corrected chi connectivity index (χ4v) is 4.09. The van der Waals surface area contributed by atoms with Crippen molar-refractivity contribution in [1.82, 2.24) is 10.3 Å². The Hall–Kier alpha value is -2.30. The van der Waals surface area contributed by atoms with E-state index in [2.05, 4.69) is 10.3 Å². The quantitative estimate of drug-likeness (QED) is 0.839. The molecule has 2 aliphatic carbocycles. The number of aromatic amines is 1. The van der Waals surface area contributed by atoms with Gasteiger partial charge in [0.05, 0.1) is 5.56 Å². The first-order chi connectivity index (χ1) is 12.2. The number of carbonyl (C=O) groups excluding carboxylic acids is 2. The molecule has 1 heterocycles. The van der Waals surface area contributed by atoms with Crippen molar-refractivity contribution in [2.45, 2.75) is 57.4 Å². The predicted molar refractivity (Wildman–Crippen MR) is 95.6 cm³/mol. The van der Waals surface area contributed by atoms with Crippen molar-refractivity contribution >= 4 is 22.8 Å². The zero-order chi connectivity index (χ0) is 17.2. The SMILES string of the molecule is O=C(COC(=O)c1ccc2[nH]c3c(c2c1)CCCC3)NC1CCCC1. The fraction of sp³-hybridized carbons (Fsp3) is 0.500. The number of rotatable bonds is 4. The largest absolute Gasteiger partial charge is 0.452 e. The van der Waals surface area contributed by atoms with Crippen LogP contribution in [0.2, 0.25) is 0 Å². The van der Waals surface area contributed by atoms with Crippen molar-refractivity contribution in [3.63, 3.8) is 0 Å². The number of benzene rings is 1. The van der Waals surface area contributed by atoms with Crippen LogP contribution in [0.1, 0.15) is 60.1 Å². The minimum atomic E-state index is -0.436. The van der Waals surface area contributed by atoms with Crippen LogP contribution < -0.4 is 5.32 Å². The molecule has 0 atom stereocenters. The van der Waals surface area contributed by atoms with E-state index >= 15 is 0 Å². The van der Waals surface area contributed by atoms with Gasteiger partial charge in [0.15, 0.2) is 6.61 Å². The highest BCUT2D eigenvalue weighted by Gasteiger charge is 2.19. The summed E-state index contributed by atoms with van der Waals surface area (Å²) in [6, 6.07) is 5.84. The number of carbonyl (C=O) groups is 2. The number of fused-ring (bicyclic) bond motifs is 3. The summed E-state index contributed by atoms with van der Waals surface area (Å²) in [5, 5.41) is 4.04. The Kier molecular flexibility index (Phi) is 4.47. The second-order valence-electron chi connectivity index (χ2n) is 7.17. The van der Waals surface area contributed by atoms with E-state index in [4.69, 9.17) is 4.74 Å². The van der Waals surface area contributed by atoms with Gasteiger partial charge in [0.1, 0.15) is 0 Å². The maximum absolute atomic E-state index is 12.3. The number of amides is 1. The van der Waals surface area contributed by atoms with Crippen molar-refractivity contribution in [3.05, 3.63) is 35.0 Å². The number of ether oxygens (including phenoxy) is 1. The summed E-state index contributed by atoms with van der Waals surface area (Å²) in [6.07, 6.45) is 8.89. The summed E-state index contributed by atoms with van der Waals surface area (Å²) >= 11 is 0. The van der Waals surface area contributed by atoms with E-state index in [9.17, 15) is 9.59 Å². The summed E-state index contributed by atoms with van der Waals surface area (Å²) in [7, 11) is 0. The van der Waals surface area contributed by atoms with Crippen molar-refractivity contribution in [2.75, 3.05) is 6.61 Å². The molecule has 25 heavy (non-hydrogen) atoms. The topological polar surface area (TPSA) is 71.2 Å². The number of nitrogens with one attached hydrogen (secondary N) is 2. The number of aromatic nitrogens is 1. The third-order valence-electron chi connectivity index (χ3n) is 5.39. The first kappa shape index (κ1) is 16.2. The van der Waals surface area contributed by atoms with Gasteiger partial charge < -0.3 is 15.0 Å². The van der Waals surface area contributed by atoms with Gasteiger partial charge in [-0.2, -0.15) is 0 Å². The van der Waals surface area contributed by atoms with Gasteiger partial charge in [0.25, 0.3) is 5.91 Å². The van der Waals surface area contributed by atoms with Gasteiger partial charge in [-0.3, -0.25) is 4.79 Å². The molecule has 5 nitrogen and oxygen atoms in total. The minimum Gasteiger partial charge on any atom is -0.452 e. The lowest BCUT2D eigenvalue weighted by Crippen LogP contribution is -2.35. The molecule has 0 unspecified atom stereocenters. The summed E-state index contributed by atoms with van der Waals surface area (Å²) in [6.45, 7) is -0.210. The number of esters is 1. The van der Waals surface area contributed by atoms with E-state index in [1.165, 1.54) is 24.1 Å². The fourth-order valence-electron chi connectivity index (χ4n) is 4.09. The van der Waals surface area contributed by atoms with Crippen molar-refractivity contribution in [3.8, 4) is 0 Å². The Morgan fingerprint density at radius 2 is 1.92 bits per heavy atom. The Morgan fingerprint density at radius 1 is 1.12 bits per heavy atom. The van der Waals surface area contributed by atoms with Crippen LogP contribution in [-0.2, 0) is 22.4 Å². The van der Waals surface area contributed by atoms with Crippen LogP contribution in [0.3, 0.4) is 0 Å². The van der Waals surface area contributed by atoms with E-state index in [1.54, 1.807) is 6.07 Å². The van der Waals surface area contributed by atoms with E-state index in [0.717, 1.165) is 49.4 Å². The second-order valence-corrected chi connectivity index (χ2v) is 7.17. The summed E-state index contributed by atoms with van der Waals surface area (Å²) in [5.41, 5.74) is 4.20. The number of aryl methyl sites for hydroxylation is 2. The van der Waals surface area contributed by atoms with Crippen LogP contribution in [0.4, 0.5) is 0 Å². The molecule has 4 rings (SSSR count). The maximum Gasteiger partial charge on any atom is 0.338 e. The van der Waals surface area contributed by atoms with E-state index in [1.807, 2.05) is 12.1 Å². The van der Waals surface area contributed by atoms with Gasteiger partial charge in [-0.1, -0.05) is 12.8 Å². The summed E-state index contributed by atoms with van der Waals surface area (Å²) in [4.78, 5) is 27.7. The van der Waals surface area contributed by atoms with Gasteiger partial charge in [-0.15, -0.1) is 0 Å². The highest BCUT2D eigenvalue weighted by Crippen LogP contribution is 2.29. The Morgan fingerprint density at radius 3 is 2.76 bits per heavy atom. The predicted octanol–water partition coefficient (Wildman–Crippen LogP) is 3.26. The lowest BCUT2D eigenvalue weighted by Gasteiger charge is -2.12. The molecule has 0 bridgehead atoms. The average molecular weight is 340 g/mol. The minimum absolute atomic E-state index is 0.208. The highest BCUT2D eigenvalue weighted by atomic mass is 16.5. The molecule has 0 aliphatic heterocycles. The van der Waals surface area contributed by atoms with Gasteiger partial charge in [-0.25, -0.2) is 4.79 Å². The monoisotopic (exact) mass is 340 g/mol. The molecule has 1 amide bonds. The molecular weight excluding hydrogens is 316 g/mol. The molecule has 0 radical (unpaired) electrons. The molecule has 0 saturated heterocycles. The molecule has 0 spiro atoms. The van der Waals surface area contributed by atoms with E-state index in [0.29, 0.717) is 5.56 Å². The lowest BCUT2D eigenvalue weighted by atomic mass is 9.95. The van der Waals surface area contributed by atoms with Gasteiger partial charge in [0.2, 0.25) is 0 Å². The number of hydrogen-bond acceptors (Lipinski definition) is 3. The molecule has 2 aliphatic rings. The summed E-state index contributed by atoms with van der Waals surface area (Å²) in [5.74, 6) is -0.644. The van der Waals surface area contributed by atoms with Crippen molar-refractivity contribution in [1.29, 1.82) is 0 Å². The van der Waals surface area contributed by atoms with Crippen molar-refractivity contribution in [2.24, 2.45) is 0 Å². The van der Waals surface area contributed by atoms with Crippen LogP contribution in [0, 0.1) is 0 Å². The zero-order valence-corrected chi connectivity index (χ0v) is 14.4. The third kappa shape index (κ3) is 3.41. The van der Waals surface area contributed by atoms with Crippen LogP contribution >= 0.6 is 0 Å². The molecule has 1 saturated carbocycles. The van der Waals surface area contributed by atoms with Crippen LogP contribution in [-0.4, -0.2) is 29.5 Å². The zero-order valence-electron chi connectivity index (χ0n) is 14.4. The molecule has 1 aromatic carbocycles. The smallest absolute Gasteiger partial charge is 0.338 e. The molecule has 1 fully saturated rings. The van der Waals surface area contributed by atoms with Crippen molar-refractivity contribution < 1.29 is 14.3 Å². The molecule has 2 aromatic rings. The molecular formula is C20H24N2O3. The third-order valence-corrected chi connectivity index (χ3v) is 5.39. The first-order valence-corrected chi connectivity index (χ1v) is 9.30. The normalized spacial score (nSPS) is 17.4. The number of H-pyrrole nitrogens is 1. The molecule has 5 heteroatoms. The van der Waals surface area contributed by atoms with E-state index < -0.39 is 5.97 Å². The molecule has 132 valence electrons. The Bertz CT molecular complexity index is 803. The van der Waals surface area contributed by atoms with Gasteiger partial charge in [0, 0.05) is 22.6 Å². The Balaban J connectivity index is 1.42. The second kappa shape index (κ2) is 6.90. The van der Waals surface area contributed by atoms with Gasteiger partial charge >= 0.3 is 5.97 Å². The Labute approximate surface area is 147 Å². The standard InChI is InChI=1S/C20H24N2O3/c23-19(21-14-5-1-2-6-14)12-25-20(24)13-9-10-18-16(11-13)15-7-3-4-8-17(15)22-18/h9-11,14,22H,1-8,12H2,(H,21,23). The van der Waals surface area contributed by atoms with Crippen LogP contribution in [0.5, 0.6) is 0 Å². The summed E-state index contributed by atoms with van der Waals surface area (Å²) < 4.78 is 5.21.